The number of hydrogen-bond acceptors (Lipinski definition) is 3. The van der Waals surface area contributed by atoms with E-state index in [1.165, 1.54) is 0 Å². The molecule has 1 aliphatic rings. The molecular weight excluding hydrogens is 316 g/mol. The average molecular weight is 340 g/mol. The van der Waals surface area contributed by atoms with Gasteiger partial charge in [-0.25, -0.2) is 0 Å². The van der Waals surface area contributed by atoms with Crippen molar-refractivity contribution < 1.29 is 14.0 Å². The highest BCUT2D eigenvalue weighted by molar-refractivity contribution is 5.98. The Labute approximate surface area is 148 Å². The number of hydrogen-bond donors (Lipinski definition) is 0. The van der Waals surface area contributed by atoms with Gasteiger partial charge in [-0.2, -0.15) is 0 Å². The molecule has 1 saturated heterocycles. The minimum absolute atomic E-state index is 0.0141. The van der Waals surface area contributed by atoms with E-state index in [9.17, 15) is 9.59 Å². The zero-order valence-electron chi connectivity index (χ0n) is 14.8. The minimum Gasteiger partial charge on any atom is -0.469 e. The van der Waals surface area contributed by atoms with Gasteiger partial charge < -0.3 is 14.2 Å². The van der Waals surface area contributed by atoms with Crippen molar-refractivity contribution in [2.24, 2.45) is 0 Å². The van der Waals surface area contributed by atoms with Gasteiger partial charge in [0.15, 0.2) is 0 Å². The summed E-state index contributed by atoms with van der Waals surface area (Å²) >= 11 is 0. The van der Waals surface area contributed by atoms with Crippen LogP contribution in [-0.4, -0.2) is 41.2 Å². The fraction of sp³-hybridized carbons (Fsp3) is 0.400. The fourth-order valence-electron chi connectivity index (χ4n) is 3.33. The maximum absolute atomic E-state index is 12.8. The number of carbonyl (C=O) groups excluding carboxylic acids is 2. The molecule has 5 nitrogen and oxygen atoms in total. The van der Waals surface area contributed by atoms with E-state index in [-0.39, 0.29) is 11.8 Å². The molecule has 1 unspecified atom stereocenters. The van der Waals surface area contributed by atoms with Gasteiger partial charge in [-0.3, -0.25) is 9.59 Å². The lowest BCUT2D eigenvalue weighted by Gasteiger charge is -2.24. The molecule has 25 heavy (non-hydrogen) atoms. The third-order valence-corrected chi connectivity index (χ3v) is 4.73. The normalized spacial score (nSPS) is 17.1. The summed E-state index contributed by atoms with van der Waals surface area (Å²) in [6.45, 7) is 3.30. The Morgan fingerprint density at radius 2 is 2.04 bits per heavy atom. The fourth-order valence-corrected chi connectivity index (χ4v) is 3.33. The molecule has 2 aromatic rings. The monoisotopic (exact) mass is 340 g/mol. The van der Waals surface area contributed by atoms with Crippen LogP contribution in [0.15, 0.2) is 47.1 Å². The zero-order valence-corrected chi connectivity index (χ0v) is 14.8. The molecular formula is C20H24N2O3. The second-order valence-electron chi connectivity index (χ2n) is 6.47. The number of aryl methyl sites for hydroxylation is 1. The number of likely N-dealkylation sites (tertiary alicyclic amines) is 1. The van der Waals surface area contributed by atoms with Crippen LogP contribution in [-0.2, 0) is 17.8 Å². The van der Waals surface area contributed by atoms with Crippen LogP contribution in [0.1, 0.15) is 41.4 Å². The standard InChI is InChI=1S/C20H24N2O3/c1-3-7-18-16(11-13-25-18)19(23)21(2)17-10-12-22(20(17)24)14-15-8-5-4-6-9-15/h4-6,8-9,11,13,17H,3,7,10,12,14H2,1-2H3. The maximum Gasteiger partial charge on any atom is 0.257 e. The van der Waals surface area contributed by atoms with Gasteiger partial charge in [-0.1, -0.05) is 37.3 Å². The molecule has 1 fully saturated rings. The number of rotatable bonds is 6. The first-order valence-corrected chi connectivity index (χ1v) is 8.78. The van der Waals surface area contributed by atoms with Crippen molar-refractivity contribution in [2.45, 2.75) is 38.8 Å². The van der Waals surface area contributed by atoms with Gasteiger partial charge in [0.1, 0.15) is 11.8 Å². The van der Waals surface area contributed by atoms with Gasteiger partial charge in [0.05, 0.1) is 11.8 Å². The largest absolute Gasteiger partial charge is 0.469 e. The molecule has 1 atom stereocenters. The molecule has 0 bridgehead atoms. The first-order valence-electron chi connectivity index (χ1n) is 8.78. The van der Waals surface area contributed by atoms with Crippen molar-refractivity contribution >= 4 is 11.8 Å². The van der Waals surface area contributed by atoms with Crippen molar-refractivity contribution in [3.63, 3.8) is 0 Å². The number of nitrogens with zero attached hydrogens (tertiary/aromatic N) is 2. The molecule has 2 amide bonds. The van der Waals surface area contributed by atoms with E-state index in [0.29, 0.717) is 30.8 Å². The summed E-state index contributed by atoms with van der Waals surface area (Å²) in [6, 6.07) is 11.2. The Kier molecular flexibility index (Phi) is 5.22. The van der Waals surface area contributed by atoms with Crippen molar-refractivity contribution in [1.82, 2.24) is 9.80 Å². The number of amides is 2. The van der Waals surface area contributed by atoms with Gasteiger partial charge in [-0.15, -0.1) is 0 Å². The first kappa shape index (κ1) is 17.3. The Hall–Kier alpha value is -2.56. The van der Waals surface area contributed by atoms with Crippen molar-refractivity contribution in [3.05, 3.63) is 59.5 Å². The van der Waals surface area contributed by atoms with E-state index in [1.807, 2.05) is 42.2 Å². The number of likely N-dealkylation sites (N-methyl/N-ethyl adjacent to an activating group) is 1. The number of furan rings is 1. The molecule has 132 valence electrons. The van der Waals surface area contributed by atoms with Crippen LogP contribution in [0.25, 0.3) is 0 Å². The topological polar surface area (TPSA) is 53.8 Å². The molecule has 1 aromatic heterocycles. The summed E-state index contributed by atoms with van der Waals surface area (Å²) in [5.74, 6) is 0.572. The van der Waals surface area contributed by atoms with Gasteiger partial charge in [-0.05, 0) is 24.5 Å². The second kappa shape index (κ2) is 7.55. The highest BCUT2D eigenvalue weighted by Gasteiger charge is 2.37. The predicted molar refractivity (Wildman–Crippen MR) is 95.1 cm³/mol. The summed E-state index contributed by atoms with van der Waals surface area (Å²) in [7, 11) is 1.71. The molecule has 1 aliphatic heterocycles. The third kappa shape index (κ3) is 3.60. The summed E-state index contributed by atoms with van der Waals surface area (Å²) in [6.07, 6.45) is 3.84. The molecule has 5 heteroatoms. The van der Waals surface area contributed by atoms with Crippen LogP contribution in [0.5, 0.6) is 0 Å². The lowest BCUT2D eigenvalue weighted by Crippen LogP contribution is -2.42. The molecule has 0 aliphatic carbocycles. The van der Waals surface area contributed by atoms with Gasteiger partial charge >= 0.3 is 0 Å². The van der Waals surface area contributed by atoms with Crippen LogP contribution in [0, 0.1) is 0 Å². The molecule has 0 radical (unpaired) electrons. The Balaban J connectivity index is 1.68. The summed E-state index contributed by atoms with van der Waals surface area (Å²) in [4.78, 5) is 28.9. The van der Waals surface area contributed by atoms with Crippen LogP contribution in [0.3, 0.4) is 0 Å². The van der Waals surface area contributed by atoms with E-state index >= 15 is 0 Å². The third-order valence-electron chi connectivity index (χ3n) is 4.73. The maximum atomic E-state index is 12.8. The minimum atomic E-state index is -0.402. The molecule has 0 saturated carbocycles. The number of benzene rings is 1. The number of carbonyl (C=O) groups is 2. The Morgan fingerprint density at radius 1 is 1.28 bits per heavy atom. The van der Waals surface area contributed by atoms with Crippen molar-refractivity contribution in [1.29, 1.82) is 0 Å². The second-order valence-corrected chi connectivity index (χ2v) is 6.47. The van der Waals surface area contributed by atoms with Crippen LogP contribution in [0.2, 0.25) is 0 Å². The molecule has 0 spiro atoms. The molecule has 1 aromatic carbocycles. The summed E-state index contributed by atoms with van der Waals surface area (Å²) in [5, 5.41) is 0. The van der Waals surface area contributed by atoms with Crippen LogP contribution in [0.4, 0.5) is 0 Å². The van der Waals surface area contributed by atoms with E-state index in [4.69, 9.17) is 4.42 Å². The Morgan fingerprint density at radius 3 is 2.76 bits per heavy atom. The van der Waals surface area contributed by atoms with Crippen molar-refractivity contribution in [2.75, 3.05) is 13.6 Å². The highest BCUT2D eigenvalue weighted by Crippen LogP contribution is 2.22. The summed E-state index contributed by atoms with van der Waals surface area (Å²) in [5.41, 5.74) is 1.67. The van der Waals surface area contributed by atoms with E-state index in [1.54, 1.807) is 24.3 Å². The van der Waals surface area contributed by atoms with E-state index in [0.717, 1.165) is 18.4 Å². The summed E-state index contributed by atoms with van der Waals surface area (Å²) < 4.78 is 5.42. The van der Waals surface area contributed by atoms with Gasteiger partial charge in [0, 0.05) is 26.6 Å². The van der Waals surface area contributed by atoms with Gasteiger partial charge in [0.25, 0.3) is 5.91 Å². The smallest absolute Gasteiger partial charge is 0.257 e. The molecule has 0 N–H and O–H groups in total. The lowest BCUT2D eigenvalue weighted by atomic mass is 10.1. The quantitative estimate of drug-likeness (QED) is 0.812. The molecule has 2 heterocycles. The van der Waals surface area contributed by atoms with Crippen LogP contribution < -0.4 is 0 Å². The highest BCUT2D eigenvalue weighted by atomic mass is 16.3. The zero-order chi connectivity index (χ0) is 17.8. The van der Waals surface area contributed by atoms with E-state index in [2.05, 4.69) is 0 Å². The average Bonchev–Trinajstić information content (AvgIpc) is 3.22. The lowest BCUT2D eigenvalue weighted by molar-refractivity contribution is -0.131. The van der Waals surface area contributed by atoms with Gasteiger partial charge in [0.2, 0.25) is 5.91 Å². The first-order chi connectivity index (χ1) is 12.1. The van der Waals surface area contributed by atoms with Crippen molar-refractivity contribution in [3.8, 4) is 0 Å². The predicted octanol–water partition coefficient (Wildman–Crippen LogP) is 3.11. The molecule has 3 rings (SSSR count). The SMILES string of the molecule is CCCc1occc1C(=O)N(C)C1CCN(Cc2ccccc2)C1=O. The Bertz CT molecular complexity index is 738. The van der Waals surface area contributed by atoms with Crippen LogP contribution >= 0.6 is 0 Å². The van der Waals surface area contributed by atoms with E-state index < -0.39 is 6.04 Å².